The summed E-state index contributed by atoms with van der Waals surface area (Å²) in [4.78, 5) is 43.5. The van der Waals surface area contributed by atoms with Crippen LogP contribution in [-0.2, 0) is 9.59 Å². The molecule has 0 radical (unpaired) electrons. The second kappa shape index (κ2) is 5.44. The van der Waals surface area contributed by atoms with Crippen LogP contribution in [0.15, 0.2) is 29.2 Å². The summed E-state index contributed by atoms with van der Waals surface area (Å²) in [7, 11) is 0. The molecule has 84 valence electrons. The van der Waals surface area contributed by atoms with Crippen LogP contribution in [-0.4, -0.2) is 22.8 Å². The Hall–Kier alpha value is -2.44. The summed E-state index contributed by atoms with van der Waals surface area (Å²) in [5, 5.41) is 3.80. The van der Waals surface area contributed by atoms with Crippen LogP contribution in [0.4, 0.5) is 4.79 Å². The molecule has 2 heterocycles. The number of amides is 4. The number of barbiturate groups is 1. The van der Waals surface area contributed by atoms with Gasteiger partial charge in [-0.25, -0.2) is 4.79 Å². The second-order valence-corrected chi connectivity index (χ2v) is 2.83. The van der Waals surface area contributed by atoms with Gasteiger partial charge in [0, 0.05) is 12.3 Å². The molecule has 0 atom stereocenters. The third-order valence-electron chi connectivity index (χ3n) is 1.51. The van der Waals surface area contributed by atoms with E-state index in [-0.39, 0.29) is 12.0 Å². The van der Waals surface area contributed by atoms with Gasteiger partial charge in [0.25, 0.3) is 0 Å². The van der Waals surface area contributed by atoms with E-state index in [1.54, 1.807) is 18.3 Å². The first-order valence-corrected chi connectivity index (χ1v) is 4.35. The number of hydrogen-bond donors (Lipinski definition) is 3. The quantitative estimate of drug-likeness (QED) is 0.496. The lowest BCUT2D eigenvalue weighted by molar-refractivity contribution is -0.129. The highest BCUT2D eigenvalue weighted by atomic mass is 16.2. The van der Waals surface area contributed by atoms with E-state index in [9.17, 15) is 19.2 Å². The fourth-order valence-corrected chi connectivity index (χ4v) is 0.896. The average Bonchev–Trinajstić information content (AvgIpc) is 2.17. The van der Waals surface area contributed by atoms with Gasteiger partial charge in [-0.05, 0) is 6.07 Å². The maximum Gasteiger partial charge on any atom is 0.328 e. The average molecular weight is 223 g/mol. The largest absolute Gasteiger partial charge is 0.329 e. The fraction of sp³-hybridized carbons (Fsp3) is 0.111. The van der Waals surface area contributed by atoms with Gasteiger partial charge < -0.3 is 4.98 Å². The summed E-state index contributed by atoms with van der Waals surface area (Å²) in [5.41, 5.74) is -0.0532. The molecule has 4 amide bonds. The lowest BCUT2D eigenvalue weighted by atomic mass is 10.3. The normalized spacial score (nSPS) is 14.4. The number of aromatic amines is 1. The van der Waals surface area contributed by atoms with Crippen LogP contribution in [0, 0.1) is 0 Å². The van der Waals surface area contributed by atoms with E-state index in [4.69, 9.17) is 0 Å². The Labute approximate surface area is 89.9 Å². The molecule has 1 fully saturated rings. The van der Waals surface area contributed by atoms with Gasteiger partial charge in [-0.15, -0.1) is 0 Å². The molecule has 1 aliphatic heterocycles. The van der Waals surface area contributed by atoms with Crippen LogP contribution in [0.2, 0.25) is 0 Å². The lowest BCUT2D eigenvalue weighted by Gasteiger charge is -2.09. The van der Waals surface area contributed by atoms with Gasteiger partial charge in [0.15, 0.2) is 0 Å². The van der Waals surface area contributed by atoms with Gasteiger partial charge in [-0.3, -0.25) is 25.0 Å². The molecule has 7 nitrogen and oxygen atoms in total. The zero-order valence-electron chi connectivity index (χ0n) is 8.15. The van der Waals surface area contributed by atoms with E-state index < -0.39 is 17.8 Å². The lowest BCUT2D eigenvalue weighted by Crippen LogP contribution is -2.49. The number of carbonyl (C=O) groups excluding carboxylic acids is 3. The van der Waals surface area contributed by atoms with Crippen molar-refractivity contribution >= 4 is 17.8 Å². The number of rotatable bonds is 0. The second-order valence-electron chi connectivity index (χ2n) is 2.83. The van der Waals surface area contributed by atoms with E-state index in [0.29, 0.717) is 0 Å². The van der Waals surface area contributed by atoms with E-state index in [1.165, 1.54) is 6.07 Å². The Morgan fingerprint density at radius 3 is 1.88 bits per heavy atom. The molecule has 3 N–H and O–H groups in total. The number of carbonyl (C=O) groups is 3. The molecule has 0 aliphatic carbocycles. The summed E-state index contributed by atoms with van der Waals surface area (Å²) < 4.78 is 0. The first kappa shape index (κ1) is 11.6. The maximum atomic E-state index is 10.3. The van der Waals surface area contributed by atoms with Crippen molar-refractivity contribution in [1.29, 1.82) is 0 Å². The van der Waals surface area contributed by atoms with Gasteiger partial charge in [-0.2, -0.15) is 0 Å². The molecule has 0 bridgehead atoms. The van der Waals surface area contributed by atoms with Crippen molar-refractivity contribution in [3.05, 3.63) is 34.7 Å². The zero-order chi connectivity index (χ0) is 12.0. The minimum absolute atomic E-state index is 0.0532. The number of urea groups is 1. The monoisotopic (exact) mass is 223 g/mol. The predicted molar refractivity (Wildman–Crippen MR) is 53.4 cm³/mol. The summed E-state index contributed by atoms with van der Waals surface area (Å²) in [6.07, 6.45) is 1.34. The third kappa shape index (κ3) is 4.18. The van der Waals surface area contributed by atoms with Crippen LogP contribution in [0.5, 0.6) is 0 Å². The Bertz CT molecular complexity index is 403. The molecule has 0 spiro atoms. The van der Waals surface area contributed by atoms with E-state index in [1.807, 2.05) is 10.6 Å². The van der Waals surface area contributed by atoms with E-state index >= 15 is 0 Å². The van der Waals surface area contributed by atoms with Crippen LogP contribution in [0.3, 0.4) is 0 Å². The first-order valence-electron chi connectivity index (χ1n) is 4.35. The van der Waals surface area contributed by atoms with Crippen molar-refractivity contribution < 1.29 is 14.4 Å². The van der Waals surface area contributed by atoms with Gasteiger partial charge in [-0.1, -0.05) is 6.07 Å². The van der Waals surface area contributed by atoms with Crippen molar-refractivity contribution in [2.75, 3.05) is 0 Å². The molecule has 0 unspecified atom stereocenters. The summed E-state index contributed by atoms with van der Waals surface area (Å²) in [5.74, 6) is -1.10. The number of H-pyrrole nitrogens is 1. The molecule has 1 saturated heterocycles. The van der Waals surface area contributed by atoms with Gasteiger partial charge >= 0.3 is 6.03 Å². The number of pyridine rings is 1. The molecule has 1 aromatic rings. The highest BCUT2D eigenvalue weighted by molar-refractivity contribution is 6.14. The highest BCUT2D eigenvalue weighted by Gasteiger charge is 2.20. The maximum absolute atomic E-state index is 10.3. The fourth-order valence-electron chi connectivity index (χ4n) is 0.896. The van der Waals surface area contributed by atoms with Crippen LogP contribution >= 0.6 is 0 Å². The molecule has 7 heteroatoms. The minimum atomic E-state index is -0.740. The molecule has 2 rings (SSSR count). The molecule has 0 aromatic carbocycles. The Morgan fingerprint density at radius 2 is 1.56 bits per heavy atom. The van der Waals surface area contributed by atoms with Crippen molar-refractivity contribution in [1.82, 2.24) is 15.6 Å². The molecule has 0 saturated carbocycles. The molecule has 1 aliphatic rings. The number of aromatic nitrogens is 1. The number of nitrogens with one attached hydrogen (secondary N) is 3. The zero-order valence-corrected chi connectivity index (χ0v) is 8.15. The Kier molecular flexibility index (Phi) is 3.96. The molecule has 1 aromatic heterocycles. The van der Waals surface area contributed by atoms with Crippen molar-refractivity contribution in [3.63, 3.8) is 0 Å². The van der Waals surface area contributed by atoms with Gasteiger partial charge in [0.1, 0.15) is 6.42 Å². The predicted octanol–water partition coefficient (Wildman–Crippen LogP) is -0.883. The van der Waals surface area contributed by atoms with Crippen LogP contribution < -0.4 is 16.2 Å². The van der Waals surface area contributed by atoms with Crippen LogP contribution in [0.25, 0.3) is 0 Å². The minimum Gasteiger partial charge on any atom is -0.329 e. The third-order valence-corrected chi connectivity index (χ3v) is 1.51. The number of hydrogen-bond acceptors (Lipinski definition) is 4. The van der Waals surface area contributed by atoms with Crippen molar-refractivity contribution in [2.45, 2.75) is 6.42 Å². The number of imide groups is 2. The Balaban J connectivity index is 0.000000165. The smallest absolute Gasteiger partial charge is 0.328 e. The van der Waals surface area contributed by atoms with Crippen LogP contribution in [0.1, 0.15) is 6.42 Å². The Morgan fingerprint density at radius 1 is 0.938 bits per heavy atom. The summed E-state index contributed by atoms with van der Waals surface area (Å²) >= 11 is 0. The van der Waals surface area contributed by atoms with Crippen molar-refractivity contribution in [3.8, 4) is 0 Å². The van der Waals surface area contributed by atoms with E-state index in [0.717, 1.165) is 0 Å². The summed E-state index contributed by atoms with van der Waals surface area (Å²) in [6.45, 7) is 0. The van der Waals surface area contributed by atoms with E-state index in [2.05, 4.69) is 4.98 Å². The topological polar surface area (TPSA) is 108 Å². The summed E-state index contributed by atoms with van der Waals surface area (Å²) in [6, 6.07) is 4.19. The first-order chi connectivity index (χ1) is 7.58. The van der Waals surface area contributed by atoms with Gasteiger partial charge in [0.05, 0.1) is 0 Å². The molecular weight excluding hydrogens is 214 g/mol. The molecule has 16 heavy (non-hydrogen) atoms. The highest BCUT2D eigenvalue weighted by Crippen LogP contribution is 1.85. The standard InChI is InChI=1S/C5H5NO.C4H4N2O3/c7-5-3-1-2-4-6-5;7-2-1-3(8)6-4(9)5-2/h1-4H,(H,6,7);1H2,(H2,5,6,7,8,9). The molecular formula is C9H9N3O4. The van der Waals surface area contributed by atoms with Crippen molar-refractivity contribution in [2.24, 2.45) is 0 Å². The van der Waals surface area contributed by atoms with Gasteiger partial charge in [0.2, 0.25) is 17.4 Å². The SMILES string of the molecule is O=C1CC(=O)NC(=O)N1.O=c1cccc[nH]1.